The highest BCUT2D eigenvalue weighted by Crippen LogP contribution is 2.17. The summed E-state index contributed by atoms with van der Waals surface area (Å²) in [5, 5.41) is 10.2. The Morgan fingerprint density at radius 2 is 2.29 bits per heavy atom. The lowest BCUT2D eigenvalue weighted by Gasteiger charge is -2.33. The number of ether oxygens (including phenoxy) is 2. The highest BCUT2D eigenvalue weighted by atomic mass is 16.5. The number of rotatable bonds is 7. The number of aliphatic hydroxyl groups is 1. The smallest absolute Gasteiger partial charge is 0.119 e. The van der Waals surface area contributed by atoms with Crippen molar-refractivity contribution in [1.29, 1.82) is 0 Å². The highest BCUT2D eigenvalue weighted by Gasteiger charge is 2.21. The molecule has 4 nitrogen and oxygen atoms in total. The van der Waals surface area contributed by atoms with Crippen LogP contribution in [0.15, 0.2) is 24.3 Å². The standard InChI is InChI=1S/C17H27NO3/c1-14-5-3-7-17(9-14)21-13-16(19)11-18-8-4-6-15(10-18)12-20-2/h3,5,7,9,15-16,19H,4,6,8,10-13H2,1-2H3. The van der Waals surface area contributed by atoms with Crippen LogP contribution in [0.3, 0.4) is 0 Å². The summed E-state index contributed by atoms with van der Waals surface area (Å²) in [6.07, 6.45) is 1.95. The molecule has 1 aliphatic heterocycles. The van der Waals surface area contributed by atoms with Crippen LogP contribution in [0, 0.1) is 12.8 Å². The molecule has 0 spiro atoms. The third-order valence-electron chi connectivity index (χ3n) is 3.91. The predicted octanol–water partition coefficient (Wildman–Crippen LogP) is 2.09. The van der Waals surface area contributed by atoms with Crippen molar-refractivity contribution in [3.8, 4) is 5.75 Å². The van der Waals surface area contributed by atoms with Crippen LogP contribution in [0.2, 0.25) is 0 Å². The van der Waals surface area contributed by atoms with Crippen LogP contribution in [-0.4, -0.2) is 56.1 Å². The lowest BCUT2D eigenvalue weighted by Crippen LogP contribution is -2.42. The van der Waals surface area contributed by atoms with Gasteiger partial charge in [0.05, 0.1) is 6.61 Å². The van der Waals surface area contributed by atoms with E-state index in [4.69, 9.17) is 9.47 Å². The third-order valence-corrected chi connectivity index (χ3v) is 3.91. The second-order valence-electron chi connectivity index (χ2n) is 6.00. The number of hydrogen-bond acceptors (Lipinski definition) is 4. The molecule has 1 aromatic carbocycles. The number of aryl methyl sites for hydroxylation is 1. The molecule has 1 aliphatic rings. The van der Waals surface area contributed by atoms with Gasteiger partial charge in [-0.25, -0.2) is 0 Å². The monoisotopic (exact) mass is 293 g/mol. The van der Waals surface area contributed by atoms with Crippen LogP contribution in [0.1, 0.15) is 18.4 Å². The van der Waals surface area contributed by atoms with Crippen LogP contribution >= 0.6 is 0 Å². The maximum atomic E-state index is 10.2. The van der Waals surface area contributed by atoms with Gasteiger partial charge in [0.1, 0.15) is 18.5 Å². The van der Waals surface area contributed by atoms with E-state index in [0.717, 1.165) is 25.4 Å². The molecule has 0 bridgehead atoms. The van der Waals surface area contributed by atoms with E-state index in [-0.39, 0.29) is 0 Å². The zero-order valence-electron chi connectivity index (χ0n) is 13.1. The van der Waals surface area contributed by atoms with Gasteiger partial charge in [-0.15, -0.1) is 0 Å². The molecule has 118 valence electrons. The minimum absolute atomic E-state index is 0.342. The molecule has 1 N–H and O–H groups in total. The van der Waals surface area contributed by atoms with E-state index in [0.29, 0.717) is 19.1 Å². The first-order valence-corrected chi connectivity index (χ1v) is 7.76. The van der Waals surface area contributed by atoms with Gasteiger partial charge in [0, 0.05) is 20.2 Å². The normalized spacial score (nSPS) is 21.2. The zero-order valence-corrected chi connectivity index (χ0v) is 13.1. The number of nitrogens with zero attached hydrogens (tertiary/aromatic N) is 1. The van der Waals surface area contributed by atoms with Crippen molar-refractivity contribution < 1.29 is 14.6 Å². The zero-order chi connectivity index (χ0) is 15.1. The van der Waals surface area contributed by atoms with Gasteiger partial charge in [0.15, 0.2) is 0 Å². The Morgan fingerprint density at radius 3 is 3.05 bits per heavy atom. The molecule has 1 heterocycles. The van der Waals surface area contributed by atoms with Crippen LogP contribution in [0.4, 0.5) is 0 Å². The molecule has 2 unspecified atom stereocenters. The minimum Gasteiger partial charge on any atom is -0.491 e. The molecular formula is C17H27NO3. The van der Waals surface area contributed by atoms with Crippen molar-refractivity contribution in [2.45, 2.75) is 25.9 Å². The number of likely N-dealkylation sites (tertiary alicyclic amines) is 1. The summed E-state index contributed by atoms with van der Waals surface area (Å²) >= 11 is 0. The van der Waals surface area contributed by atoms with E-state index in [9.17, 15) is 5.11 Å². The average molecular weight is 293 g/mol. The van der Waals surface area contributed by atoms with Crippen molar-refractivity contribution >= 4 is 0 Å². The van der Waals surface area contributed by atoms with Gasteiger partial charge in [0.2, 0.25) is 0 Å². The van der Waals surface area contributed by atoms with E-state index in [1.807, 2.05) is 31.2 Å². The Morgan fingerprint density at radius 1 is 1.43 bits per heavy atom. The first-order valence-electron chi connectivity index (χ1n) is 7.76. The molecule has 0 aliphatic carbocycles. The maximum Gasteiger partial charge on any atom is 0.119 e. The molecule has 21 heavy (non-hydrogen) atoms. The summed E-state index contributed by atoms with van der Waals surface area (Å²) < 4.78 is 10.9. The Hall–Kier alpha value is -1.10. The lowest BCUT2D eigenvalue weighted by atomic mass is 9.99. The van der Waals surface area contributed by atoms with Crippen LogP contribution in [-0.2, 0) is 4.74 Å². The summed E-state index contributed by atoms with van der Waals surface area (Å²) in [4.78, 5) is 2.32. The van der Waals surface area contributed by atoms with Gasteiger partial charge in [-0.1, -0.05) is 12.1 Å². The van der Waals surface area contributed by atoms with Crippen LogP contribution in [0.25, 0.3) is 0 Å². The largest absolute Gasteiger partial charge is 0.491 e. The minimum atomic E-state index is -0.452. The Balaban J connectivity index is 1.72. The molecule has 0 amide bonds. The second kappa shape index (κ2) is 8.37. The van der Waals surface area contributed by atoms with E-state index in [1.54, 1.807) is 7.11 Å². The first kappa shape index (κ1) is 16.3. The van der Waals surface area contributed by atoms with Gasteiger partial charge < -0.3 is 19.5 Å². The second-order valence-corrected chi connectivity index (χ2v) is 6.00. The molecule has 1 aromatic rings. The molecule has 4 heteroatoms. The molecule has 0 aromatic heterocycles. The number of piperidine rings is 1. The van der Waals surface area contributed by atoms with E-state index in [2.05, 4.69) is 4.90 Å². The molecular weight excluding hydrogens is 266 g/mol. The number of aliphatic hydroxyl groups excluding tert-OH is 1. The van der Waals surface area contributed by atoms with Crippen LogP contribution < -0.4 is 4.74 Å². The fraction of sp³-hybridized carbons (Fsp3) is 0.647. The van der Waals surface area contributed by atoms with Gasteiger partial charge >= 0.3 is 0 Å². The Bertz CT molecular complexity index is 422. The number of β-amino-alcohol motifs (C(OH)–C–C–N with tert-alkyl or cyclic N) is 1. The van der Waals surface area contributed by atoms with Crippen molar-refractivity contribution in [1.82, 2.24) is 4.90 Å². The molecule has 2 rings (SSSR count). The summed E-state index contributed by atoms with van der Waals surface area (Å²) in [6, 6.07) is 7.92. The molecule has 2 atom stereocenters. The van der Waals surface area contributed by atoms with E-state index < -0.39 is 6.10 Å². The maximum absolute atomic E-state index is 10.2. The molecule has 0 radical (unpaired) electrons. The SMILES string of the molecule is COCC1CCCN(CC(O)COc2cccc(C)c2)C1. The third kappa shape index (κ3) is 5.65. The average Bonchev–Trinajstić information content (AvgIpc) is 2.46. The summed E-state index contributed by atoms with van der Waals surface area (Å²) in [7, 11) is 1.75. The van der Waals surface area contributed by atoms with Gasteiger partial charge in [-0.3, -0.25) is 0 Å². The van der Waals surface area contributed by atoms with Gasteiger partial charge in [0.25, 0.3) is 0 Å². The molecule has 0 saturated carbocycles. The quantitative estimate of drug-likeness (QED) is 0.836. The fourth-order valence-electron chi connectivity index (χ4n) is 2.94. The number of methoxy groups -OCH3 is 1. The summed E-state index contributed by atoms with van der Waals surface area (Å²) in [6.45, 7) is 5.93. The molecule has 1 fully saturated rings. The Labute approximate surface area is 127 Å². The van der Waals surface area contributed by atoms with Crippen molar-refractivity contribution in [2.75, 3.05) is 40.0 Å². The van der Waals surface area contributed by atoms with Gasteiger partial charge in [-0.2, -0.15) is 0 Å². The number of hydrogen-bond donors (Lipinski definition) is 1. The van der Waals surface area contributed by atoms with Crippen LogP contribution in [0.5, 0.6) is 5.75 Å². The van der Waals surface area contributed by atoms with Crippen molar-refractivity contribution in [2.24, 2.45) is 5.92 Å². The van der Waals surface area contributed by atoms with Crippen molar-refractivity contribution in [3.63, 3.8) is 0 Å². The van der Waals surface area contributed by atoms with Crippen molar-refractivity contribution in [3.05, 3.63) is 29.8 Å². The molecule has 1 saturated heterocycles. The summed E-state index contributed by atoms with van der Waals surface area (Å²) in [5.41, 5.74) is 1.17. The predicted molar refractivity (Wildman–Crippen MR) is 83.7 cm³/mol. The lowest BCUT2D eigenvalue weighted by molar-refractivity contribution is 0.0371. The topological polar surface area (TPSA) is 41.9 Å². The highest BCUT2D eigenvalue weighted by molar-refractivity contribution is 5.27. The van der Waals surface area contributed by atoms with Gasteiger partial charge in [-0.05, 0) is 49.9 Å². The Kier molecular flexibility index (Phi) is 6.49. The number of benzene rings is 1. The summed E-state index contributed by atoms with van der Waals surface area (Å²) in [5.74, 6) is 1.42. The van der Waals surface area contributed by atoms with E-state index >= 15 is 0 Å². The first-order chi connectivity index (χ1) is 10.2. The fourth-order valence-corrected chi connectivity index (χ4v) is 2.94. The van der Waals surface area contributed by atoms with E-state index in [1.165, 1.54) is 18.4 Å².